The van der Waals surface area contributed by atoms with Gasteiger partial charge in [-0.1, -0.05) is 55.5 Å². The van der Waals surface area contributed by atoms with Crippen LogP contribution in [-0.2, 0) is 12.2 Å². The van der Waals surface area contributed by atoms with Crippen LogP contribution in [-0.4, -0.2) is 5.75 Å². The van der Waals surface area contributed by atoms with Crippen molar-refractivity contribution >= 4 is 11.8 Å². The van der Waals surface area contributed by atoms with Crippen LogP contribution < -0.4 is 5.73 Å². The van der Waals surface area contributed by atoms with E-state index in [0.29, 0.717) is 0 Å². The van der Waals surface area contributed by atoms with E-state index in [-0.39, 0.29) is 6.04 Å². The first-order valence-electron chi connectivity index (χ1n) is 7.17. The second-order valence-electron chi connectivity index (χ2n) is 5.14. The lowest BCUT2D eigenvalue weighted by Crippen LogP contribution is -2.13. The summed E-state index contributed by atoms with van der Waals surface area (Å²) in [6, 6.07) is 17.4. The highest BCUT2D eigenvalue weighted by molar-refractivity contribution is 7.98. The van der Waals surface area contributed by atoms with E-state index in [2.05, 4.69) is 62.4 Å². The van der Waals surface area contributed by atoms with Crippen molar-refractivity contribution in [3.05, 3.63) is 70.8 Å². The zero-order valence-electron chi connectivity index (χ0n) is 12.3. The molecule has 0 saturated heterocycles. The highest BCUT2D eigenvalue weighted by atomic mass is 32.2. The standard InChI is InChI=1S/C18H23NS/c1-3-15-8-10-16(11-9-15)18(19)13-20-12-17-7-5-4-6-14(17)2/h4-11,18H,3,12-13,19H2,1-2H3. The number of thioether (sulfide) groups is 1. The molecule has 0 spiro atoms. The van der Waals surface area contributed by atoms with Crippen LogP contribution in [0.1, 0.15) is 35.2 Å². The second kappa shape index (κ2) is 7.51. The van der Waals surface area contributed by atoms with Gasteiger partial charge < -0.3 is 5.73 Å². The van der Waals surface area contributed by atoms with E-state index in [1.165, 1.54) is 22.3 Å². The summed E-state index contributed by atoms with van der Waals surface area (Å²) in [5, 5.41) is 0. The minimum Gasteiger partial charge on any atom is -0.323 e. The molecule has 0 aliphatic heterocycles. The van der Waals surface area contributed by atoms with Gasteiger partial charge in [0.15, 0.2) is 0 Å². The molecule has 0 amide bonds. The van der Waals surface area contributed by atoms with Crippen LogP contribution in [0.3, 0.4) is 0 Å². The Labute approximate surface area is 126 Å². The molecule has 0 saturated carbocycles. The topological polar surface area (TPSA) is 26.0 Å². The molecule has 106 valence electrons. The quantitative estimate of drug-likeness (QED) is 0.846. The molecule has 0 fully saturated rings. The lowest BCUT2D eigenvalue weighted by molar-refractivity contribution is 0.830. The van der Waals surface area contributed by atoms with Crippen LogP contribution in [0.15, 0.2) is 48.5 Å². The molecule has 20 heavy (non-hydrogen) atoms. The highest BCUT2D eigenvalue weighted by Gasteiger charge is 2.06. The predicted molar refractivity (Wildman–Crippen MR) is 90.1 cm³/mol. The summed E-state index contributed by atoms with van der Waals surface area (Å²) in [6.07, 6.45) is 1.08. The first-order chi connectivity index (χ1) is 9.70. The number of benzene rings is 2. The van der Waals surface area contributed by atoms with E-state index in [1.807, 2.05) is 11.8 Å². The Morgan fingerprint density at radius 1 is 1.05 bits per heavy atom. The van der Waals surface area contributed by atoms with Crippen molar-refractivity contribution < 1.29 is 0 Å². The fraction of sp³-hybridized carbons (Fsp3) is 0.333. The number of aryl methyl sites for hydroxylation is 2. The molecule has 2 aromatic carbocycles. The molecular formula is C18H23NS. The summed E-state index contributed by atoms with van der Waals surface area (Å²) in [6.45, 7) is 4.34. The Bertz CT molecular complexity index is 533. The Balaban J connectivity index is 1.85. The first kappa shape index (κ1) is 15.1. The molecule has 1 unspecified atom stereocenters. The fourth-order valence-corrected chi connectivity index (χ4v) is 3.27. The molecule has 0 radical (unpaired) electrons. The molecule has 2 aromatic rings. The van der Waals surface area contributed by atoms with Crippen LogP contribution in [0.25, 0.3) is 0 Å². The zero-order valence-corrected chi connectivity index (χ0v) is 13.1. The van der Waals surface area contributed by atoms with E-state index >= 15 is 0 Å². The largest absolute Gasteiger partial charge is 0.323 e. The molecule has 1 nitrogen and oxygen atoms in total. The summed E-state index contributed by atoms with van der Waals surface area (Å²) in [7, 11) is 0. The van der Waals surface area contributed by atoms with Crippen molar-refractivity contribution in [2.45, 2.75) is 32.1 Å². The maximum Gasteiger partial charge on any atom is 0.0386 e. The first-order valence-corrected chi connectivity index (χ1v) is 8.33. The molecule has 2 N–H and O–H groups in total. The average Bonchev–Trinajstić information content (AvgIpc) is 2.49. The van der Waals surface area contributed by atoms with E-state index in [4.69, 9.17) is 5.73 Å². The van der Waals surface area contributed by atoms with Gasteiger partial charge in [0.2, 0.25) is 0 Å². The third-order valence-electron chi connectivity index (χ3n) is 3.63. The van der Waals surface area contributed by atoms with Gasteiger partial charge in [0.1, 0.15) is 0 Å². The average molecular weight is 285 g/mol. The fourth-order valence-electron chi connectivity index (χ4n) is 2.16. The van der Waals surface area contributed by atoms with Gasteiger partial charge in [0, 0.05) is 17.5 Å². The Morgan fingerprint density at radius 2 is 1.75 bits per heavy atom. The molecule has 0 aromatic heterocycles. The van der Waals surface area contributed by atoms with Gasteiger partial charge in [0.25, 0.3) is 0 Å². The minimum atomic E-state index is 0.120. The number of rotatable bonds is 6. The lowest BCUT2D eigenvalue weighted by Gasteiger charge is -2.13. The van der Waals surface area contributed by atoms with Gasteiger partial charge in [-0.05, 0) is 35.6 Å². The molecular weight excluding hydrogens is 262 g/mol. The summed E-state index contributed by atoms with van der Waals surface area (Å²) in [4.78, 5) is 0. The van der Waals surface area contributed by atoms with Gasteiger partial charge in [-0.3, -0.25) is 0 Å². The molecule has 0 bridgehead atoms. The molecule has 2 heteroatoms. The number of hydrogen-bond acceptors (Lipinski definition) is 2. The molecule has 0 aliphatic carbocycles. The van der Waals surface area contributed by atoms with E-state index in [9.17, 15) is 0 Å². The SMILES string of the molecule is CCc1ccc(C(N)CSCc2ccccc2C)cc1. The normalized spacial score (nSPS) is 12.3. The second-order valence-corrected chi connectivity index (χ2v) is 6.17. The zero-order chi connectivity index (χ0) is 14.4. The molecule has 0 aliphatic rings. The summed E-state index contributed by atoms with van der Waals surface area (Å²) in [5.74, 6) is 1.99. The van der Waals surface area contributed by atoms with Crippen molar-refractivity contribution in [2.75, 3.05) is 5.75 Å². The maximum absolute atomic E-state index is 6.27. The van der Waals surface area contributed by atoms with Crippen LogP contribution >= 0.6 is 11.8 Å². The van der Waals surface area contributed by atoms with E-state index in [1.54, 1.807) is 0 Å². The lowest BCUT2D eigenvalue weighted by atomic mass is 10.1. The molecule has 1 atom stereocenters. The smallest absolute Gasteiger partial charge is 0.0386 e. The molecule has 0 heterocycles. The van der Waals surface area contributed by atoms with Crippen LogP contribution in [0, 0.1) is 6.92 Å². The monoisotopic (exact) mass is 285 g/mol. The number of nitrogens with two attached hydrogens (primary N) is 1. The van der Waals surface area contributed by atoms with Crippen LogP contribution in [0.4, 0.5) is 0 Å². The summed E-state index contributed by atoms with van der Waals surface area (Å²) in [5.41, 5.74) is 11.6. The Morgan fingerprint density at radius 3 is 2.40 bits per heavy atom. The predicted octanol–water partition coefficient (Wildman–Crippen LogP) is 4.49. The van der Waals surface area contributed by atoms with Gasteiger partial charge in [-0.25, -0.2) is 0 Å². The maximum atomic E-state index is 6.27. The van der Waals surface area contributed by atoms with Gasteiger partial charge in [0.05, 0.1) is 0 Å². The van der Waals surface area contributed by atoms with Crippen LogP contribution in [0.5, 0.6) is 0 Å². The number of hydrogen-bond donors (Lipinski definition) is 1. The summed E-state index contributed by atoms with van der Waals surface area (Å²) < 4.78 is 0. The van der Waals surface area contributed by atoms with Crippen molar-refractivity contribution in [3.63, 3.8) is 0 Å². The van der Waals surface area contributed by atoms with Crippen molar-refractivity contribution in [2.24, 2.45) is 5.73 Å². The van der Waals surface area contributed by atoms with Crippen molar-refractivity contribution in [1.29, 1.82) is 0 Å². The van der Waals surface area contributed by atoms with Crippen LogP contribution in [0.2, 0.25) is 0 Å². The third-order valence-corrected chi connectivity index (χ3v) is 4.74. The van der Waals surface area contributed by atoms with E-state index < -0.39 is 0 Å². The van der Waals surface area contributed by atoms with Gasteiger partial charge >= 0.3 is 0 Å². The minimum absolute atomic E-state index is 0.120. The Hall–Kier alpha value is -1.25. The third kappa shape index (κ3) is 4.12. The van der Waals surface area contributed by atoms with Gasteiger partial charge in [-0.2, -0.15) is 11.8 Å². The van der Waals surface area contributed by atoms with Crippen molar-refractivity contribution in [1.82, 2.24) is 0 Å². The van der Waals surface area contributed by atoms with E-state index in [0.717, 1.165) is 17.9 Å². The van der Waals surface area contributed by atoms with Crippen molar-refractivity contribution in [3.8, 4) is 0 Å². The molecule has 2 rings (SSSR count). The summed E-state index contributed by atoms with van der Waals surface area (Å²) >= 11 is 1.91. The van der Waals surface area contributed by atoms with Gasteiger partial charge in [-0.15, -0.1) is 0 Å². The highest BCUT2D eigenvalue weighted by Crippen LogP contribution is 2.21. The Kier molecular flexibility index (Phi) is 5.69.